The van der Waals surface area contributed by atoms with Crippen molar-refractivity contribution in [1.29, 1.82) is 0 Å². The van der Waals surface area contributed by atoms with Crippen LogP contribution < -0.4 is 11.5 Å². The summed E-state index contributed by atoms with van der Waals surface area (Å²) in [6.07, 6.45) is 5.27. The van der Waals surface area contributed by atoms with Gasteiger partial charge >= 0.3 is 0 Å². The Kier molecular flexibility index (Phi) is 9.87. The van der Waals surface area contributed by atoms with Crippen LogP contribution in [0, 0.1) is 0 Å². The Bertz CT molecular complexity index is 90.2. The van der Waals surface area contributed by atoms with Gasteiger partial charge in [-0.15, -0.1) is 0 Å². The molecule has 0 atom stereocenters. The molecule has 0 fully saturated rings. The van der Waals surface area contributed by atoms with Gasteiger partial charge in [0.1, 0.15) is 0 Å². The van der Waals surface area contributed by atoms with Crippen LogP contribution in [0.3, 0.4) is 0 Å². The lowest BCUT2D eigenvalue weighted by atomic mass is 10.2. The van der Waals surface area contributed by atoms with Crippen molar-refractivity contribution >= 4 is 0 Å². The van der Waals surface area contributed by atoms with Crippen LogP contribution in [0.1, 0.15) is 32.6 Å². The Morgan fingerprint density at radius 2 is 1.46 bits per heavy atom. The molecule has 80 valence electrons. The van der Waals surface area contributed by atoms with E-state index < -0.39 is 0 Å². The van der Waals surface area contributed by atoms with Crippen molar-refractivity contribution in [3.05, 3.63) is 0 Å². The lowest BCUT2D eigenvalue weighted by Gasteiger charge is -2.20. The molecule has 3 heteroatoms. The number of unbranched alkanes of at least 4 members (excludes halogenated alkanes) is 3. The highest BCUT2D eigenvalue weighted by Crippen LogP contribution is 2.00. The first-order valence-electron chi connectivity index (χ1n) is 5.47. The molecule has 4 N–H and O–H groups in total. The molecule has 0 heterocycles. The summed E-state index contributed by atoms with van der Waals surface area (Å²) in [4.78, 5) is 2.36. The largest absolute Gasteiger partial charge is 0.329 e. The topological polar surface area (TPSA) is 55.3 Å². The fraction of sp³-hybridized carbons (Fsp3) is 1.00. The third-order valence-corrected chi connectivity index (χ3v) is 2.22. The second kappa shape index (κ2) is 9.96. The summed E-state index contributed by atoms with van der Waals surface area (Å²) in [5.74, 6) is 0. The maximum absolute atomic E-state index is 5.51. The van der Waals surface area contributed by atoms with Crippen LogP contribution in [0.25, 0.3) is 0 Å². The van der Waals surface area contributed by atoms with Crippen molar-refractivity contribution in [2.24, 2.45) is 11.5 Å². The molecular weight excluding hydrogens is 162 g/mol. The Morgan fingerprint density at radius 3 is 1.92 bits per heavy atom. The Balaban J connectivity index is 3.33. The molecule has 13 heavy (non-hydrogen) atoms. The fourth-order valence-corrected chi connectivity index (χ4v) is 1.46. The SMILES string of the molecule is CCCCCCN(CCN)CCN. The zero-order valence-electron chi connectivity index (χ0n) is 8.97. The molecule has 0 saturated heterocycles. The van der Waals surface area contributed by atoms with Crippen molar-refractivity contribution in [3.8, 4) is 0 Å². The highest BCUT2D eigenvalue weighted by Gasteiger charge is 2.01. The predicted molar refractivity (Wildman–Crippen MR) is 58.7 cm³/mol. The molecule has 0 amide bonds. The van der Waals surface area contributed by atoms with Gasteiger partial charge in [0.2, 0.25) is 0 Å². The number of nitrogens with zero attached hydrogens (tertiary/aromatic N) is 1. The highest BCUT2D eigenvalue weighted by atomic mass is 15.1. The minimum absolute atomic E-state index is 0.744. The Labute approximate surface area is 82.5 Å². The van der Waals surface area contributed by atoms with Crippen molar-refractivity contribution in [2.45, 2.75) is 32.6 Å². The molecule has 0 radical (unpaired) electrons. The van der Waals surface area contributed by atoms with E-state index in [1.807, 2.05) is 0 Å². The lowest BCUT2D eigenvalue weighted by Crippen LogP contribution is -2.34. The molecule has 0 aliphatic heterocycles. The standard InChI is InChI=1S/C10H25N3/c1-2-3-4-5-8-13(9-6-11)10-7-12/h2-12H2,1H3. The smallest absolute Gasteiger partial charge is 0.0105 e. The molecule has 0 aliphatic rings. The first kappa shape index (κ1) is 12.9. The van der Waals surface area contributed by atoms with Gasteiger partial charge in [0, 0.05) is 26.2 Å². The van der Waals surface area contributed by atoms with Gasteiger partial charge < -0.3 is 16.4 Å². The van der Waals surface area contributed by atoms with Crippen LogP contribution in [-0.4, -0.2) is 37.6 Å². The lowest BCUT2D eigenvalue weighted by molar-refractivity contribution is 0.281. The molecular formula is C10H25N3. The first-order chi connectivity index (χ1) is 6.35. The van der Waals surface area contributed by atoms with Crippen molar-refractivity contribution in [3.63, 3.8) is 0 Å². The third-order valence-electron chi connectivity index (χ3n) is 2.22. The van der Waals surface area contributed by atoms with Crippen LogP contribution in [-0.2, 0) is 0 Å². The van der Waals surface area contributed by atoms with Crippen LogP contribution >= 0.6 is 0 Å². The van der Waals surface area contributed by atoms with Crippen LogP contribution in [0.2, 0.25) is 0 Å². The van der Waals surface area contributed by atoms with Gasteiger partial charge in [0.25, 0.3) is 0 Å². The summed E-state index contributed by atoms with van der Waals surface area (Å²) in [7, 11) is 0. The number of hydrogen-bond acceptors (Lipinski definition) is 3. The van der Waals surface area contributed by atoms with Crippen LogP contribution in [0.15, 0.2) is 0 Å². The van der Waals surface area contributed by atoms with E-state index in [1.165, 1.54) is 25.7 Å². The minimum atomic E-state index is 0.744. The van der Waals surface area contributed by atoms with Gasteiger partial charge in [-0.1, -0.05) is 26.2 Å². The monoisotopic (exact) mass is 187 g/mol. The van der Waals surface area contributed by atoms with E-state index in [1.54, 1.807) is 0 Å². The molecule has 0 unspecified atom stereocenters. The van der Waals surface area contributed by atoms with Gasteiger partial charge in [-0.3, -0.25) is 0 Å². The van der Waals surface area contributed by atoms with E-state index in [0.717, 1.165) is 32.7 Å². The Morgan fingerprint density at radius 1 is 0.846 bits per heavy atom. The summed E-state index contributed by atoms with van der Waals surface area (Å²) >= 11 is 0. The second-order valence-electron chi connectivity index (χ2n) is 3.48. The normalized spacial score (nSPS) is 11.1. The zero-order chi connectivity index (χ0) is 9.94. The van der Waals surface area contributed by atoms with Crippen LogP contribution in [0.5, 0.6) is 0 Å². The fourth-order valence-electron chi connectivity index (χ4n) is 1.46. The number of rotatable bonds is 9. The Hall–Kier alpha value is -0.120. The van der Waals surface area contributed by atoms with Crippen LogP contribution in [0.4, 0.5) is 0 Å². The molecule has 0 spiro atoms. The highest BCUT2D eigenvalue weighted by molar-refractivity contribution is 4.58. The first-order valence-corrected chi connectivity index (χ1v) is 5.47. The predicted octanol–water partition coefficient (Wildman–Crippen LogP) is 0.786. The quantitative estimate of drug-likeness (QED) is 0.525. The van der Waals surface area contributed by atoms with Gasteiger partial charge in [-0.25, -0.2) is 0 Å². The maximum Gasteiger partial charge on any atom is 0.0105 e. The molecule has 0 aromatic rings. The molecule has 0 saturated carbocycles. The molecule has 0 bridgehead atoms. The van der Waals surface area contributed by atoms with Gasteiger partial charge in [0.05, 0.1) is 0 Å². The summed E-state index contributed by atoms with van der Waals surface area (Å²) in [6.45, 7) is 6.86. The zero-order valence-corrected chi connectivity index (χ0v) is 8.97. The number of nitrogens with two attached hydrogens (primary N) is 2. The van der Waals surface area contributed by atoms with E-state index in [0.29, 0.717) is 0 Å². The summed E-state index contributed by atoms with van der Waals surface area (Å²) in [5.41, 5.74) is 11.0. The molecule has 3 nitrogen and oxygen atoms in total. The average Bonchev–Trinajstić information content (AvgIpc) is 2.13. The van der Waals surface area contributed by atoms with Gasteiger partial charge in [0.15, 0.2) is 0 Å². The summed E-state index contributed by atoms with van der Waals surface area (Å²) in [5, 5.41) is 0. The molecule has 0 aromatic heterocycles. The van der Waals surface area contributed by atoms with E-state index in [9.17, 15) is 0 Å². The van der Waals surface area contributed by atoms with Gasteiger partial charge in [-0.2, -0.15) is 0 Å². The minimum Gasteiger partial charge on any atom is -0.329 e. The molecule has 0 aliphatic carbocycles. The van der Waals surface area contributed by atoms with Crippen molar-refractivity contribution in [1.82, 2.24) is 4.90 Å². The molecule has 0 rings (SSSR count). The summed E-state index contributed by atoms with van der Waals surface area (Å²) in [6, 6.07) is 0. The second-order valence-corrected chi connectivity index (χ2v) is 3.48. The van der Waals surface area contributed by atoms with Crippen molar-refractivity contribution < 1.29 is 0 Å². The van der Waals surface area contributed by atoms with E-state index in [-0.39, 0.29) is 0 Å². The molecule has 0 aromatic carbocycles. The number of hydrogen-bond donors (Lipinski definition) is 2. The van der Waals surface area contributed by atoms with E-state index >= 15 is 0 Å². The maximum atomic E-state index is 5.51. The summed E-state index contributed by atoms with van der Waals surface area (Å²) < 4.78 is 0. The third kappa shape index (κ3) is 8.22. The average molecular weight is 187 g/mol. The van der Waals surface area contributed by atoms with E-state index in [4.69, 9.17) is 11.5 Å². The van der Waals surface area contributed by atoms with Crippen molar-refractivity contribution in [2.75, 3.05) is 32.7 Å². The van der Waals surface area contributed by atoms with E-state index in [2.05, 4.69) is 11.8 Å². The van der Waals surface area contributed by atoms with Gasteiger partial charge in [-0.05, 0) is 13.0 Å².